The summed E-state index contributed by atoms with van der Waals surface area (Å²) < 4.78 is 6.14. The molecule has 0 amide bonds. The van der Waals surface area contributed by atoms with Crippen molar-refractivity contribution in [2.75, 3.05) is 13.2 Å². The molecule has 0 unspecified atom stereocenters. The Bertz CT molecular complexity index is 205. The molecule has 94 valence electrons. The summed E-state index contributed by atoms with van der Waals surface area (Å²) in [5.74, 6) is 1.90. The second-order valence-electron chi connectivity index (χ2n) is 5.82. The molecule has 0 saturated heterocycles. The van der Waals surface area contributed by atoms with Crippen LogP contribution in [0.2, 0.25) is 0 Å². The first-order valence-electron chi connectivity index (χ1n) is 7.12. The molecule has 0 aromatic carbocycles. The fourth-order valence-electron chi connectivity index (χ4n) is 2.87. The summed E-state index contributed by atoms with van der Waals surface area (Å²) in [5.41, 5.74) is 5.97. The van der Waals surface area contributed by atoms with Gasteiger partial charge in [-0.25, -0.2) is 0 Å². The van der Waals surface area contributed by atoms with E-state index in [1.165, 1.54) is 51.4 Å². The zero-order valence-electron chi connectivity index (χ0n) is 10.7. The Morgan fingerprint density at radius 3 is 2.31 bits per heavy atom. The van der Waals surface area contributed by atoms with Crippen LogP contribution >= 0.6 is 0 Å². The van der Waals surface area contributed by atoms with Crippen LogP contribution in [0.15, 0.2) is 0 Å². The number of ether oxygens (including phenoxy) is 1. The van der Waals surface area contributed by atoms with Crippen molar-refractivity contribution in [1.82, 2.24) is 0 Å². The lowest BCUT2D eigenvalue weighted by atomic mass is 9.77. The Morgan fingerprint density at radius 1 is 1.12 bits per heavy atom. The third-order valence-corrected chi connectivity index (χ3v) is 4.60. The SMILES string of the molecule is CCC1CCC(CN)(OCCC2CC2)CC1. The van der Waals surface area contributed by atoms with E-state index in [-0.39, 0.29) is 5.60 Å². The largest absolute Gasteiger partial charge is 0.374 e. The molecule has 0 spiro atoms. The first kappa shape index (κ1) is 12.4. The fraction of sp³-hybridized carbons (Fsp3) is 1.00. The lowest BCUT2D eigenvalue weighted by Gasteiger charge is -2.39. The van der Waals surface area contributed by atoms with Crippen molar-refractivity contribution in [2.45, 2.75) is 63.9 Å². The molecule has 0 heterocycles. The average molecular weight is 225 g/mol. The van der Waals surface area contributed by atoms with Crippen molar-refractivity contribution in [3.63, 3.8) is 0 Å². The van der Waals surface area contributed by atoms with Gasteiger partial charge < -0.3 is 10.5 Å². The predicted octanol–water partition coefficient (Wildman–Crippen LogP) is 3.10. The van der Waals surface area contributed by atoms with Crippen molar-refractivity contribution in [2.24, 2.45) is 17.6 Å². The first-order valence-corrected chi connectivity index (χ1v) is 7.12. The minimum atomic E-state index is 0.0422. The Morgan fingerprint density at radius 2 is 1.81 bits per heavy atom. The zero-order chi connectivity index (χ0) is 11.4. The smallest absolute Gasteiger partial charge is 0.0804 e. The molecule has 0 aliphatic heterocycles. The second kappa shape index (κ2) is 5.50. The fourth-order valence-corrected chi connectivity index (χ4v) is 2.87. The molecule has 0 aromatic rings. The van der Waals surface area contributed by atoms with Gasteiger partial charge in [0, 0.05) is 13.2 Å². The molecule has 0 aromatic heterocycles. The Hall–Kier alpha value is -0.0800. The number of hydrogen-bond donors (Lipinski definition) is 1. The number of hydrogen-bond acceptors (Lipinski definition) is 2. The van der Waals surface area contributed by atoms with E-state index >= 15 is 0 Å². The van der Waals surface area contributed by atoms with Crippen LogP contribution in [0.5, 0.6) is 0 Å². The lowest BCUT2D eigenvalue weighted by molar-refractivity contribution is -0.0733. The molecule has 0 atom stereocenters. The van der Waals surface area contributed by atoms with Gasteiger partial charge in [0.2, 0.25) is 0 Å². The molecule has 0 bridgehead atoms. The number of nitrogens with two attached hydrogens (primary N) is 1. The van der Waals surface area contributed by atoms with Crippen molar-refractivity contribution >= 4 is 0 Å². The molecule has 2 rings (SSSR count). The van der Waals surface area contributed by atoms with E-state index in [1.807, 2.05) is 0 Å². The van der Waals surface area contributed by atoms with Gasteiger partial charge in [-0.15, -0.1) is 0 Å². The van der Waals surface area contributed by atoms with E-state index in [9.17, 15) is 0 Å². The van der Waals surface area contributed by atoms with E-state index in [2.05, 4.69) is 6.92 Å². The highest BCUT2D eigenvalue weighted by Crippen LogP contribution is 2.37. The summed E-state index contributed by atoms with van der Waals surface area (Å²) in [5, 5.41) is 0. The molecule has 2 N–H and O–H groups in total. The minimum Gasteiger partial charge on any atom is -0.374 e. The van der Waals surface area contributed by atoms with Gasteiger partial charge in [0.05, 0.1) is 5.60 Å². The highest BCUT2D eigenvalue weighted by molar-refractivity contribution is 4.88. The molecule has 0 radical (unpaired) electrons. The quantitative estimate of drug-likeness (QED) is 0.754. The van der Waals surface area contributed by atoms with Crippen LogP contribution in [-0.2, 0) is 4.74 Å². The van der Waals surface area contributed by atoms with Crippen molar-refractivity contribution < 1.29 is 4.74 Å². The molecular formula is C14H27NO. The summed E-state index contributed by atoms with van der Waals surface area (Å²) >= 11 is 0. The predicted molar refractivity (Wildman–Crippen MR) is 67.3 cm³/mol. The summed E-state index contributed by atoms with van der Waals surface area (Å²) in [4.78, 5) is 0. The maximum atomic E-state index is 6.14. The third kappa shape index (κ3) is 3.21. The molecular weight excluding hydrogens is 198 g/mol. The molecule has 2 aliphatic rings. The van der Waals surface area contributed by atoms with Crippen LogP contribution in [0.4, 0.5) is 0 Å². The monoisotopic (exact) mass is 225 g/mol. The Kier molecular flexibility index (Phi) is 4.26. The standard InChI is InChI=1S/C14H27NO/c1-2-12-5-8-14(11-15,9-6-12)16-10-7-13-3-4-13/h12-13H,2-11,15H2,1H3. The van der Waals surface area contributed by atoms with E-state index in [1.54, 1.807) is 0 Å². The topological polar surface area (TPSA) is 35.2 Å². The summed E-state index contributed by atoms with van der Waals surface area (Å²) in [6.07, 6.45) is 10.4. The van der Waals surface area contributed by atoms with E-state index in [0.29, 0.717) is 6.54 Å². The van der Waals surface area contributed by atoms with Crippen LogP contribution < -0.4 is 5.73 Å². The van der Waals surface area contributed by atoms with Gasteiger partial charge in [0.15, 0.2) is 0 Å². The van der Waals surface area contributed by atoms with Crippen LogP contribution in [0.1, 0.15) is 58.3 Å². The van der Waals surface area contributed by atoms with Gasteiger partial charge in [-0.05, 0) is 43.9 Å². The molecule has 2 fully saturated rings. The first-order chi connectivity index (χ1) is 7.78. The average Bonchev–Trinajstić information content (AvgIpc) is 3.14. The molecule has 2 saturated carbocycles. The van der Waals surface area contributed by atoms with Gasteiger partial charge in [-0.2, -0.15) is 0 Å². The molecule has 2 nitrogen and oxygen atoms in total. The zero-order valence-corrected chi connectivity index (χ0v) is 10.7. The number of rotatable bonds is 6. The maximum Gasteiger partial charge on any atom is 0.0804 e. The van der Waals surface area contributed by atoms with Crippen LogP contribution in [-0.4, -0.2) is 18.8 Å². The Labute approximate surface area is 99.9 Å². The van der Waals surface area contributed by atoms with Crippen molar-refractivity contribution in [3.8, 4) is 0 Å². The van der Waals surface area contributed by atoms with Gasteiger partial charge in [-0.1, -0.05) is 26.2 Å². The second-order valence-corrected chi connectivity index (χ2v) is 5.82. The molecule has 2 heteroatoms. The Balaban J connectivity index is 1.73. The van der Waals surface area contributed by atoms with Gasteiger partial charge in [0.25, 0.3) is 0 Å². The molecule has 16 heavy (non-hydrogen) atoms. The minimum absolute atomic E-state index is 0.0422. The normalized spacial score (nSPS) is 35.2. The van der Waals surface area contributed by atoms with E-state index in [0.717, 1.165) is 18.4 Å². The third-order valence-electron chi connectivity index (χ3n) is 4.60. The lowest BCUT2D eigenvalue weighted by Crippen LogP contribution is -2.44. The van der Waals surface area contributed by atoms with Crippen molar-refractivity contribution in [3.05, 3.63) is 0 Å². The van der Waals surface area contributed by atoms with Crippen LogP contribution in [0.3, 0.4) is 0 Å². The molecule has 2 aliphatic carbocycles. The van der Waals surface area contributed by atoms with Crippen LogP contribution in [0.25, 0.3) is 0 Å². The van der Waals surface area contributed by atoms with Gasteiger partial charge in [0.1, 0.15) is 0 Å². The van der Waals surface area contributed by atoms with Crippen LogP contribution in [0, 0.1) is 11.8 Å². The van der Waals surface area contributed by atoms with E-state index < -0.39 is 0 Å². The highest BCUT2D eigenvalue weighted by atomic mass is 16.5. The van der Waals surface area contributed by atoms with Crippen molar-refractivity contribution in [1.29, 1.82) is 0 Å². The van der Waals surface area contributed by atoms with Gasteiger partial charge in [-0.3, -0.25) is 0 Å². The highest BCUT2D eigenvalue weighted by Gasteiger charge is 2.35. The summed E-state index contributed by atoms with van der Waals surface area (Å²) in [7, 11) is 0. The van der Waals surface area contributed by atoms with E-state index in [4.69, 9.17) is 10.5 Å². The van der Waals surface area contributed by atoms with Gasteiger partial charge >= 0.3 is 0 Å². The summed E-state index contributed by atoms with van der Waals surface area (Å²) in [6.45, 7) is 3.96. The summed E-state index contributed by atoms with van der Waals surface area (Å²) in [6, 6.07) is 0. The maximum absolute atomic E-state index is 6.14.